The highest BCUT2D eigenvalue weighted by molar-refractivity contribution is 5.77. The molecule has 0 amide bonds. The molecule has 0 radical (unpaired) electrons. The Morgan fingerprint density at radius 2 is 1.50 bits per heavy atom. The lowest BCUT2D eigenvalue weighted by Gasteiger charge is -2.42. The van der Waals surface area contributed by atoms with Crippen molar-refractivity contribution >= 4 is 17.9 Å². The Hall–Kier alpha value is -3.64. The van der Waals surface area contributed by atoms with Gasteiger partial charge in [0, 0.05) is 6.08 Å². The van der Waals surface area contributed by atoms with Crippen molar-refractivity contribution in [1.29, 1.82) is 0 Å². The molecule has 28 heavy (non-hydrogen) atoms. The molecule has 6 nitrogen and oxygen atoms in total. The topological polar surface area (TPSA) is 71.1 Å². The summed E-state index contributed by atoms with van der Waals surface area (Å²) >= 11 is 0. The number of rotatable bonds is 5. The molecular weight excluding hydrogens is 360 g/mol. The number of benzene rings is 1. The van der Waals surface area contributed by atoms with E-state index in [0.717, 1.165) is 11.1 Å². The molecule has 0 saturated heterocycles. The number of hydrogen-bond acceptors (Lipinski definition) is 6. The molecule has 0 fully saturated rings. The maximum absolute atomic E-state index is 12.1. The monoisotopic (exact) mass is 380 g/mol. The highest BCUT2D eigenvalue weighted by atomic mass is 16.8. The molecule has 0 spiro atoms. The second-order valence-electron chi connectivity index (χ2n) is 6.38. The number of ether oxygens (including phenoxy) is 4. The van der Waals surface area contributed by atoms with Gasteiger partial charge in [-0.2, -0.15) is 0 Å². The van der Waals surface area contributed by atoms with Crippen LogP contribution in [0.15, 0.2) is 48.6 Å². The summed E-state index contributed by atoms with van der Waals surface area (Å²) in [4.78, 5) is 24.1. The highest BCUT2D eigenvalue weighted by Gasteiger charge is 2.52. The van der Waals surface area contributed by atoms with E-state index in [1.807, 2.05) is 36.4 Å². The molecule has 144 valence electrons. The van der Waals surface area contributed by atoms with Gasteiger partial charge in [0.25, 0.3) is 5.79 Å². The zero-order chi connectivity index (χ0) is 20.6. The van der Waals surface area contributed by atoms with Gasteiger partial charge in [-0.05, 0) is 25.0 Å². The summed E-state index contributed by atoms with van der Waals surface area (Å²) in [6, 6.07) is 9.58. The van der Waals surface area contributed by atoms with Crippen LogP contribution in [0.4, 0.5) is 9.59 Å². The van der Waals surface area contributed by atoms with Gasteiger partial charge in [0.15, 0.2) is 13.2 Å². The summed E-state index contributed by atoms with van der Waals surface area (Å²) in [5.41, 5.74) is 0.838. The summed E-state index contributed by atoms with van der Waals surface area (Å²) in [5.74, 6) is 2.50. The van der Waals surface area contributed by atoms with Gasteiger partial charge in [0.05, 0.1) is 5.41 Å². The zero-order valence-corrected chi connectivity index (χ0v) is 15.6. The predicted molar refractivity (Wildman–Crippen MR) is 103 cm³/mol. The Bertz CT molecular complexity index is 833. The molecular formula is C22H20O6. The molecule has 0 aliphatic heterocycles. The summed E-state index contributed by atoms with van der Waals surface area (Å²) in [5, 5.41) is 0. The fourth-order valence-corrected chi connectivity index (χ4v) is 2.62. The SMILES string of the molecule is C#CCOC(=O)OC1(OC(=O)OCC#C)C=CC(c2ccccc2)=CC1(C)C. The molecule has 2 rings (SSSR count). The number of hydrogen-bond donors (Lipinski definition) is 0. The van der Waals surface area contributed by atoms with E-state index in [0.29, 0.717) is 0 Å². The van der Waals surface area contributed by atoms with Crippen molar-refractivity contribution in [1.82, 2.24) is 0 Å². The average Bonchev–Trinajstić information content (AvgIpc) is 2.67. The van der Waals surface area contributed by atoms with Crippen LogP contribution in [0.5, 0.6) is 0 Å². The fourth-order valence-electron chi connectivity index (χ4n) is 2.62. The molecule has 0 saturated carbocycles. The normalized spacial score (nSPS) is 15.9. The van der Waals surface area contributed by atoms with Gasteiger partial charge >= 0.3 is 12.3 Å². The molecule has 0 unspecified atom stereocenters. The second-order valence-corrected chi connectivity index (χ2v) is 6.38. The molecule has 0 atom stereocenters. The quantitative estimate of drug-likeness (QED) is 0.438. The second kappa shape index (κ2) is 8.83. The van der Waals surface area contributed by atoms with E-state index in [9.17, 15) is 9.59 Å². The standard InChI is InChI=1S/C22H20O6/c1-5-14-25-19(23)27-22(28-20(24)26-15-6-2)13-12-18(16-21(22,3)4)17-10-8-7-9-11-17/h1-2,7-13,16H,14-15H2,3-4H3. The lowest BCUT2D eigenvalue weighted by molar-refractivity contribution is -0.202. The van der Waals surface area contributed by atoms with E-state index in [2.05, 4.69) is 11.8 Å². The lowest BCUT2D eigenvalue weighted by Crippen LogP contribution is -2.51. The minimum atomic E-state index is -1.82. The van der Waals surface area contributed by atoms with Crippen LogP contribution in [0.1, 0.15) is 19.4 Å². The largest absolute Gasteiger partial charge is 0.512 e. The smallest absolute Gasteiger partial charge is 0.421 e. The molecule has 1 aromatic rings. The summed E-state index contributed by atoms with van der Waals surface area (Å²) in [7, 11) is 0. The fraction of sp³-hybridized carbons (Fsp3) is 0.273. The molecule has 0 bridgehead atoms. The van der Waals surface area contributed by atoms with E-state index in [4.69, 9.17) is 31.8 Å². The molecule has 0 aromatic heterocycles. The molecule has 0 N–H and O–H groups in total. The van der Waals surface area contributed by atoms with Crippen LogP contribution >= 0.6 is 0 Å². The third-order valence-corrected chi connectivity index (χ3v) is 4.02. The van der Waals surface area contributed by atoms with Crippen LogP contribution in [0.3, 0.4) is 0 Å². The molecule has 6 heteroatoms. The predicted octanol–water partition coefficient (Wildman–Crippen LogP) is 3.94. The van der Waals surface area contributed by atoms with Gasteiger partial charge in [-0.15, -0.1) is 12.8 Å². The van der Waals surface area contributed by atoms with Crippen molar-refractivity contribution in [3.8, 4) is 24.7 Å². The van der Waals surface area contributed by atoms with Gasteiger partial charge in [0.1, 0.15) is 0 Å². The molecule has 1 aliphatic carbocycles. The molecule has 0 heterocycles. The molecule has 1 aliphatic rings. The summed E-state index contributed by atoms with van der Waals surface area (Å²) < 4.78 is 20.3. The average molecular weight is 380 g/mol. The number of allylic oxidation sites excluding steroid dienone is 2. The first-order valence-electron chi connectivity index (χ1n) is 8.39. The van der Waals surface area contributed by atoms with E-state index in [-0.39, 0.29) is 13.2 Å². The van der Waals surface area contributed by atoms with Gasteiger partial charge in [0.2, 0.25) is 0 Å². The Morgan fingerprint density at radius 3 is 1.96 bits per heavy atom. The third kappa shape index (κ3) is 4.75. The first-order chi connectivity index (χ1) is 13.3. The van der Waals surface area contributed by atoms with Crippen molar-refractivity contribution in [3.05, 3.63) is 54.1 Å². The van der Waals surface area contributed by atoms with E-state index in [1.54, 1.807) is 19.9 Å². The van der Waals surface area contributed by atoms with Crippen molar-refractivity contribution in [3.63, 3.8) is 0 Å². The first-order valence-corrected chi connectivity index (χ1v) is 8.39. The van der Waals surface area contributed by atoms with Crippen LogP contribution < -0.4 is 0 Å². The zero-order valence-electron chi connectivity index (χ0n) is 15.6. The Morgan fingerprint density at radius 1 is 0.964 bits per heavy atom. The molecule has 1 aromatic carbocycles. The van der Waals surface area contributed by atoms with Crippen molar-refractivity contribution in [2.24, 2.45) is 5.41 Å². The van der Waals surface area contributed by atoms with Crippen LogP contribution in [-0.4, -0.2) is 31.3 Å². The summed E-state index contributed by atoms with van der Waals surface area (Å²) in [6.45, 7) is 2.90. The Labute approximate surface area is 164 Å². The van der Waals surface area contributed by atoms with Crippen molar-refractivity contribution < 1.29 is 28.5 Å². The van der Waals surface area contributed by atoms with E-state index < -0.39 is 23.5 Å². The van der Waals surface area contributed by atoms with Gasteiger partial charge in [-0.1, -0.05) is 54.3 Å². The minimum absolute atomic E-state index is 0.286. The maximum atomic E-state index is 12.1. The van der Waals surface area contributed by atoms with Gasteiger partial charge in [-0.25, -0.2) is 9.59 Å². The number of terminal acetylenes is 2. The minimum Gasteiger partial charge on any atom is -0.421 e. The first kappa shape index (κ1) is 20.7. The van der Waals surface area contributed by atoms with Crippen molar-refractivity contribution in [2.45, 2.75) is 19.6 Å². The Balaban J connectivity index is 2.36. The van der Waals surface area contributed by atoms with Gasteiger partial charge < -0.3 is 18.9 Å². The number of carbonyl (C=O) groups excluding carboxylic acids is 2. The van der Waals surface area contributed by atoms with Crippen LogP contribution in [-0.2, 0) is 18.9 Å². The number of carbonyl (C=O) groups is 2. The summed E-state index contributed by atoms with van der Waals surface area (Å²) in [6.07, 6.45) is 13.0. The van der Waals surface area contributed by atoms with Crippen LogP contribution in [0.25, 0.3) is 5.57 Å². The maximum Gasteiger partial charge on any atom is 0.512 e. The highest BCUT2D eigenvalue weighted by Crippen LogP contribution is 2.44. The van der Waals surface area contributed by atoms with Crippen LogP contribution in [0, 0.1) is 30.1 Å². The lowest BCUT2D eigenvalue weighted by atomic mass is 9.76. The van der Waals surface area contributed by atoms with E-state index in [1.165, 1.54) is 6.08 Å². The third-order valence-electron chi connectivity index (χ3n) is 4.02. The van der Waals surface area contributed by atoms with E-state index >= 15 is 0 Å². The van der Waals surface area contributed by atoms with Crippen LogP contribution in [0.2, 0.25) is 0 Å². The Kier molecular flexibility index (Phi) is 6.52. The van der Waals surface area contributed by atoms with Crippen molar-refractivity contribution in [2.75, 3.05) is 13.2 Å². The van der Waals surface area contributed by atoms with Gasteiger partial charge in [-0.3, -0.25) is 0 Å².